The van der Waals surface area contributed by atoms with Crippen LogP contribution in [0.4, 0.5) is 5.95 Å². The molecule has 0 saturated heterocycles. The highest BCUT2D eigenvalue weighted by molar-refractivity contribution is 5.27. The van der Waals surface area contributed by atoms with Gasteiger partial charge in [-0.1, -0.05) is 0 Å². The summed E-state index contributed by atoms with van der Waals surface area (Å²) in [7, 11) is 5.72. The number of anilines is 1. The Morgan fingerprint density at radius 2 is 2.15 bits per heavy atom. The second-order valence-electron chi connectivity index (χ2n) is 3.63. The Morgan fingerprint density at radius 1 is 1.46 bits per heavy atom. The van der Waals surface area contributed by atoms with Gasteiger partial charge < -0.3 is 14.7 Å². The summed E-state index contributed by atoms with van der Waals surface area (Å²) in [6.07, 6.45) is 2.16. The van der Waals surface area contributed by atoms with Crippen molar-refractivity contribution in [3.05, 3.63) is 5.89 Å². The third-order valence-electron chi connectivity index (χ3n) is 2.45. The Kier molecular flexibility index (Phi) is 1.76. The van der Waals surface area contributed by atoms with Crippen LogP contribution in [-0.4, -0.2) is 31.3 Å². The van der Waals surface area contributed by atoms with Gasteiger partial charge in [0.2, 0.25) is 5.89 Å². The number of aromatic nitrogens is 2. The summed E-state index contributed by atoms with van der Waals surface area (Å²) in [5.41, 5.74) is -0.0265. The molecule has 2 rings (SSSR count). The number of hydrogen-bond donors (Lipinski definition) is 1. The number of hydrogen-bond acceptors (Lipinski definition) is 5. The minimum absolute atomic E-state index is 0.0265. The zero-order valence-electron chi connectivity index (χ0n) is 8.16. The first kappa shape index (κ1) is 8.50. The molecule has 0 spiro atoms. The van der Waals surface area contributed by atoms with Crippen LogP contribution in [0, 0.1) is 0 Å². The van der Waals surface area contributed by atoms with Crippen molar-refractivity contribution in [3.63, 3.8) is 0 Å². The van der Waals surface area contributed by atoms with Gasteiger partial charge >= 0.3 is 0 Å². The molecule has 1 aliphatic carbocycles. The van der Waals surface area contributed by atoms with Gasteiger partial charge in [-0.2, -0.15) is 4.98 Å². The standard InChI is InChI=1S/C8H14N4O/c1-9-8(4-5-8)6-10-7(11-13-6)12(2)3/h9H,4-5H2,1-3H3. The van der Waals surface area contributed by atoms with Gasteiger partial charge in [0.05, 0.1) is 5.54 Å². The summed E-state index contributed by atoms with van der Waals surface area (Å²) < 4.78 is 5.18. The largest absolute Gasteiger partial charge is 0.344 e. The lowest BCUT2D eigenvalue weighted by Crippen LogP contribution is -2.25. The smallest absolute Gasteiger partial charge is 0.265 e. The summed E-state index contributed by atoms with van der Waals surface area (Å²) in [5.74, 6) is 1.34. The van der Waals surface area contributed by atoms with Gasteiger partial charge in [-0.3, -0.25) is 0 Å². The van der Waals surface area contributed by atoms with Crippen LogP contribution in [0.5, 0.6) is 0 Å². The van der Waals surface area contributed by atoms with Crippen molar-refractivity contribution in [1.29, 1.82) is 0 Å². The molecule has 1 aliphatic rings. The van der Waals surface area contributed by atoms with E-state index in [0.29, 0.717) is 11.8 Å². The fourth-order valence-electron chi connectivity index (χ4n) is 1.29. The van der Waals surface area contributed by atoms with E-state index in [2.05, 4.69) is 15.5 Å². The van der Waals surface area contributed by atoms with E-state index in [0.717, 1.165) is 12.8 Å². The van der Waals surface area contributed by atoms with Gasteiger partial charge in [0.15, 0.2) is 0 Å². The molecule has 5 nitrogen and oxygen atoms in total. The molecule has 1 saturated carbocycles. The van der Waals surface area contributed by atoms with Gasteiger partial charge in [0.25, 0.3) is 5.95 Å². The SMILES string of the molecule is CNC1(c2nc(N(C)C)no2)CC1. The van der Waals surface area contributed by atoms with Crippen LogP contribution < -0.4 is 10.2 Å². The maximum absolute atomic E-state index is 5.18. The highest BCUT2D eigenvalue weighted by Gasteiger charge is 2.48. The minimum atomic E-state index is -0.0265. The summed E-state index contributed by atoms with van der Waals surface area (Å²) in [6, 6.07) is 0. The molecule has 0 radical (unpaired) electrons. The van der Waals surface area contributed by atoms with Crippen LogP contribution >= 0.6 is 0 Å². The predicted octanol–water partition coefficient (Wildman–Crippen LogP) is 0.344. The Labute approximate surface area is 77.1 Å². The topological polar surface area (TPSA) is 54.2 Å². The zero-order chi connectivity index (χ0) is 9.47. The Bertz CT molecular complexity index is 303. The molecule has 1 N–H and O–H groups in total. The van der Waals surface area contributed by atoms with Gasteiger partial charge in [-0.05, 0) is 25.0 Å². The monoisotopic (exact) mass is 182 g/mol. The quantitative estimate of drug-likeness (QED) is 0.730. The van der Waals surface area contributed by atoms with Crippen LogP contribution in [0.15, 0.2) is 4.52 Å². The number of nitrogens with one attached hydrogen (secondary N) is 1. The molecule has 1 heterocycles. The lowest BCUT2D eigenvalue weighted by molar-refractivity contribution is 0.327. The number of rotatable bonds is 3. The van der Waals surface area contributed by atoms with Crippen molar-refractivity contribution in [3.8, 4) is 0 Å². The van der Waals surface area contributed by atoms with Crippen molar-refractivity contribution in [2.45, 2.75) is 18.4 Å². The van der Waals surface area contributed by atoms with Gasteiger partial charge in [0, 0.05) is 14.1 Å². The third-order valence-corrected chi connectivity index (χ3v) is 2.45. The molecule has 5 heteroatoms. The minimum Gasteiger partial charge on any atom is -0.344 e. The van der Waals surface area contributed by atoms with Crippen molar-refractivity contribution in [1.82, 2.24) is 15.5 Å². The van der Waals surface area contributed by atoms with Crippen molar-refractivity contribution < 1.29 is 4.52 Å². The van der Waals surface area contributed by atoms with Crippen molar-refractivity contribution >= 4 is 5.95 Å². The van der Waals surface area contributed by atoms with E-state index in [4.69, 9.17) is 4.52 Å². The van der Waals surface area contributed by atoms with Gasteiger partial charge in [-0.15, -0.1) is 0 Å². The third kappa shape index (κ3) is 1.29. The molecule has 0 aromatic carbocycles. The van der Waals surface area contributed by atoms with E-state index in [1.807, 2.05) is 26.0 Å². The zero-order valence-corrected chi connectivity index (χ0v) is 8.16. The maximum Gasteiger partial charge on any atom is 0.265 e. The molecule has 13 heavy (non-hydrogen) atoms. The van der Waals surface area contributed by atoms with E-state index in [9.17, 15) is 0 Å². The second-order valence-corrected chi connectivity index (χ2v) is 3.63. The summed E-state index contributed by atoms with van der Waals surface area (Å²) in [5, 5.41) is 7.08. The van der Waals surface area contributed by atoms with E-state index >= 15 is 0 Å². The highest BCUT2D eigenvalue weighted by atomic mass is 16.5. The summed E-state index contributed by atoms with van der Waals surface area (Å²) in [4.78, 5) is 6.13. The Hall–Kier alpha value is -1.10. The van der Waals surface area contributed by atoms with E-state index in [1.165, 1.54) is 0 Å². The highest BCUT2D eigenvalue weighted by Crippen LogP contribution is 2.44. The van der Waals surface area contributed by atoms with Crippen LogP contribution in [0.1, 0.15) is 18.7 Å². The van der Waals surface area contributed by atoms with Crippen LogP contribution in [-0.2, 0) is 5.54 Å². The summed E-state index contributed by atoms with van der Waals surface area (Å²) in [6.45, 7) is 0. The molecule has 72 valence electrons. The Morgan fingerprint density at radius 3 is 2.54 bits per heavy atom. The molecule has 1 aromatic rings. The maximum atomic E-state index is 5.18. The molecule has 1 aromatic heterocycles. The van der Waals surface area contributed by atoms with E-state index < -0.39 is 0 Å². The van der Waals surface area contributed by atoms with Crippen LogP contribution in [0.25, 0.3) is 0 Å². The fourth-order valence-corrected chi connectivity index (χ4v) is 1.29. The molecule has 0 unspecified atom stereocenters. The lowest BCUT2D eigenvalue weighted by atomic mass is 10.3. The van der Waals surface area contributed by atoms with E-state index in [-0.39, 0.29) is 5.54 Å². The molecular weight excluding hydrogens is 168 g/mol. The lowest BCUT2D eigenvalue weighted by Gasteiger charge is -2.07. The fraction of sp³-hybridized carbons (Fsp3) is 0.750. The molecule has 0 bridgehead atoms. The normalized spacial score (nSPS) is 18.7. The first-order valence-electron chi connectivity index (χ1n) is 4.38. The molecule has 0 amide bonds. The van der Waals surface area contributed by atoms with Crippen molar-refractivity contribution in [2.24, 2.45) is 0 Å². The van der Waals surface area contributed by atoms with Crippen molar-refractivity contribution in [2.75, 3.05) is 26.0 Å². The van der Waals surface area contributed by atoms with Gasteiger partial charge in [0.1, 0.15) is 0 Å². The molecular formula is C8H14N4O. The number of nitrogens with zero attached hydrogens (tertiary/aromatic N) is 3. The second kappa shape index (κ2) is 2.70. The van der Waals surface area contributed by atoms with Crippen LogP contribution in [0.3, 0.4) is 0 Å². The summed E-state index contributed by atoms with van der Waals surface area (Å²) >= 11 is 0. The molecule has 0 aliphatic heterocycles. The first-order valence-corrected chi connectivity index (χ1v) is 4.38. The molecule has 0 atom stereocenters. The first-order chi connectivity index (χ1) is 6.18. The van der Waals surface area contributed by atoms with E-state index in [1.54, 1.807) is 0 Å². The predicted molar refractivity (Wildman–Crippen MR) is 48.6 cm³/mol. The Balaban J connectivity index is 2.23. The van der Waals surface area contributed by atoms with Crippen LogP contribution in [0.2, 0.25) is 0 Å². The molecule has 1 fully saturated rings. The average molecular weight is 182 g/mol. The average Bonchev–Trinajstić information content (AvgIpc) is 2.75. The van der Waals surface area contributed by atoms with Gasteiger partial charge in [-0.25, -0.2) is 0 Å².